The molecule has 1 N–H and O–H groups in total. The molecule has 0 fully saturated rings. The number of aromatic amines is 1. The van der Waals surface area contributed by atoms with Crippen molar-refractivity contribution in [2.24, 2.45) is 0 Å². The first-order valence-corrected chi connectivity index (χ1v) is 7.69. The molecule has 0 saturated heterocycles. The van der Waals surface area contributed by atoms with Crippen LogP contribution in [0.1, 0.15) is 16.8 Å². The average Bonchev–Trinajstić information content (AvgIpc) is 2.63. The van der Waals surface area contributed by atoms with E-state index >= 15 is 0 Å². The van der Waals surface area contributed by atoms with E-state index in [2.05, 4.69) is 10.2 Å². The summed E-state index contributed by atoms with van der Waals surface area (Å²) in [5.41, 5.74) is 1.53. The van der Waals surface area contributed by atoms with Crippen molar-refractivity contribution in [2.45, 2.75) is 6.92 Å². The molecule has 1 aromatic heterocycles. The summed E-state index contributed by atoms with van der Waals surface area (Å²) in [4.78, 5) is 24.6. The highest BCUT2D eigenvalue weighted by atomic mass is 16.5. The monoisotopic (exact) mass is 335 g/mol. The van der Waals surface area contributed by atoms with Crippen molar-refractivity contribution in [3.63, 3.8) is 0 Å². The third-order valence-corrected chi connectivity index (χ3v) is 3.74. The van der Waals surface area contributed by atoms with Crippen molar-refractivity contribution in [1.29, 1.82) is 0 Å². The lowest BCUT2D eigenvalue weighted by molar-refractivity contribution is 0.415. The first kappa shape index (κ1) is 16.4. The minimum atomic E-state index is -0.574. The number of ether oxygens (including phenoxy) is 1. The van der Waals surface area contributed by atoms with Crippen molar-refractivity contribution in [3.05, 3.63) is 86.2 Å². The van der Waals surface area contributed by atoms with Gasteiger partial charge in [0.25, 0.3) is 5.56 Å². The first-order valence-electron chi connectivity index (χ1n) is 7.69. The number of aromatic nitrogens is 3. The van der Waals surface area contributed by atoms with E-state index in [4.69, 9.17) is 4.74 Å². The molecule has 0 unspecified atom stereocenters. The molecule has 6 nitrogen and oxygen atoms in total. The van der Waals surface area contributed by atoms with Gasteiger partial charge in [0.05, 0.1) is 12.8 Å². The van der Waals surface area contributed by atoms with Crippen molar-refractivity contribution < 1.29 is 4.74 Å². The Hall–Kier alpha value is -3.41. The van der Waals surface area contributed by atoms with E-state index in [-0.39, 0.29) is 5.69 Å². The number of nitrogens with one attached hydrogen (secondary N) is 1. The highest BCUT2D eigenvalue weighted by molar-refractivity contribution is 5.67. The molecule has 0 atom stereocenters. The minimum absolute atomic E-state index is 0.149. The molecule has 0 aliphatic carbocycles. The summed E-state index contributed by atoms with van der Waals surface area (Å²) in [6.07, 6.45) is 3.33. The Labute approximate surface area is 144 Å². The molecule has 6 heteroatoms. The molecule has 1 heterocycles. The Kier molecular flexibility index (Phi) is 4.61. The van der Waals surface area contributed by atoms with Gasteiger partial charge in [-0.05, 0) is 42.8 Å². The Morgan fingerprint density at radius 1 is 1.00 bits per heavy atom. The van der Waals surface area contributed by atoms with Gasteiger partial charge in [-0.3, -0.25) is 4.79 Å². The van der Waals surface area contributed by atoms with Gasteiger partial charge in [-0.15, -0.1) is 0 Å². The molecule has 0 radical (unpaired) electrons. The van der Waals surface area contributed by atoms with Gasteiger partial charge in [-0.25, -0.2) is 14.5 Å². The SMILES string of the molecule is COc1ccc(/C=C/c2n[nH]c(=O)n(-c3ccc(C)cc3)c2=O)cc1. The number of H-pyrrole nitrogens is 1. The maximum absolute atomic E-state index is 12.6. The molecule has 0 saturated carbocycles. The van der Waals surface area contributed by atoms with Gasteiger partial charge >= 0.3 is 5.69 Å². The Morgan fingerprint density at radius 3 is 2.32 bits per heavy atom. The molecular weight excluding hydrogens is 318 g/mol. The molecule has 126 valence electrons. The second kappa shape index (κ2) is 7.00. The Bertz CT molecular complexity index is 1010. The van der Waals surface area contributed by atoms with E-state index < -0.39 is 11.2 Å². The van der Waals surface area contributed by atoms with Gasteiger partial charge in [0.2, 0.25) is 0 Å². The second-order valence-electron chi connectivity index (χ2n) is 5.50. The van der Waals surface area contributed by atoms with E-state index in [1.54, 1.807) is 31.4 Å². The topological polar surface area (TPSA) is 77.0 Å². The van der Waals surface area contributed by atoms with Gasteiger partial charge in [-0.2, -0.15) is 5.10 Å². The third-order valence-electron chi connectivity index (χ3n) is 3.74. The molecular formula is C19H17N3O3. The Morgan fingerprint density at radius 2 is 1.68 bits per heavy atom. The molecule has 0 aliphatic rings. The fraction of sp³-hybridized carbons (Fsp3) is 0.105. The van der Waals surface area contributed by atoms with Crippen molar-refractivity contribution >= 4 is 12.2 Å². The maximum Gasteiger partial charge on any atom is 0.349 e. The summed E-state index contributed by atoms with van der Waals surface area (Å²) in [6.45, 7) is 1.94. The highest BCUT2D eigenvalue weighted by Gasteiger charge is 2.08. The maximum atomic E-state index is 12.6. The number of hydrogen-bond acceptors (Lipinski definition) is 4. The molecule has 2 aromatic carbocycles. The number of hydrogen-bond donors (Lipinski definition) is 1. The fourth-order valence-corrected chi connectivity index (χ4v) is 2.34. The van der Waals surface area contributed by atoms with Gasteiger partial charge in [0, 0.05) is 0 Å². The molecule has 0 bridgehead atoms. The molecule has 3 aromatic rings. The number of aryl methyl sites for hydroxylation is 1. The van der Waals surface area contributed by atoms with Crippen molar-refractivity contribution in [3.8, 4) is 11.4 Å². The summed E-state index contributed by atoms with van der Waals surface area (Å²) in [5.74, 6) is 0.751. The van der Waals surface area contributed by atoms with E-state index in [1.807, 2.05) is 43.3 Å². The first-order chi connectivity index (χ1) is 12.1. The number of rotatable bonds is 4. The Balaban J connectivity index is 1.99. The van der Waals surface area contributed by atoms with Gasteiger partial charge in [0.1, 0.15) is 11.4 Å². The number of methoxy groups -OCH3 is 1. The third kappa shape index (κ3) is 3.58. The standard InChI is InChI=1S/C19H17N3O3/c1-13-3-8-15(9-4-13)22-18(23)17(20-21-19(22)24)12-7-14-5-10-16(25-2)11-6-14/h3-12H,1-2H3,(H,21,24)/b12-7+. The van der Waals surface area contributed by atoms with Crippen LogP contribution in [0.3, 0.4) is 0 Å². The molecule has 0 aliphatic heterocycles. The predicted molar refractivity (Wildman–Crippen MR) is 97.1 cm³/mol. The second-order valence-corrected chi connectivity index (χ2v) is 5.50. The molecule has 25 heavy (non-hydrogen) atoms. The summed E-state index contributed by atoms with van der Waals surface area (Å²) >= 11 is 0. The van der Waals surface area contributed by atoms with Crippen LogP contribution in [0.4, 0.5) is 0 Å². The van der Waals surface area contributed by atoms with Crippen LogP contribution in [0.2, 0.25) is 0 Å². The predicted octanol–water partition coefficient (Wildman–Crippen LogP) is 2.41. The van der Waals surface area contributed by atoms with E-state index in [9.17, 15) is 9.59 Å². The number of nitrogens with zero attached hydrogens (tertiary/aromatic N) is 2. The van der Waals surface area contributed by atoms with Crippen LogP contribution in [0.25, 0.3) is 17.8 Å². The normalized spacial score (nSPS) is 11.0. The lowest BCUT2D eigenvalue weighted by Gasteiger charge is -2.05. The van der Waals surface area contributed by atoms with Crippen LogP contribution in [0.15, 0.2) is 58.1 Å². The zero-order valence-electron chi connectivity index (χ0n) is 13.9. The van der Waals surface area contributed by atoms with Gasteiger partial charge in [0.15, 0.2) is 0 Å². The van der Waals surface area contributed by atoms with Crippen LogP contribution >= 0.6 is 0 Å². The molecule has 0 amide bonds. The highest BCUT2D eigenvalue weighted by Crippen LogP contribution is 2.13. The molecule has 0 spiro atoms. The van der Waals surface area contributed by atoms with Crippen LogP contribution in [0, 0.1) is 6.92 Å². The summed E-state index contributed by atoms with van der Waals surface area (Å²) in [7, 11) is 1.60. The smallest absolute Gasteiger partial charge is 0.349 e. The summed E-state index contributed by atoms with van der Waals surface area (Å²) in [5, 5.41) is 6.21. The van der Waals surface area contributed by atoms with E-state index in [1.165, 1.54) is 0 Å². The summed E-state index contributed by atoms with van der Waals surface area (Å²) in [6, 6.07) is 14.5. The van der Waals surface area contributed by atoms with Crippen LogP contribution < -0.4 is 16.0 Å². The van der Waals surface area contributed by atoms with Crippen LogP contribution in [-0.4, -0.2) is 21.9 Å². The van der Waals surface area contributed by atoms with Crippen LogP contribution in [0.5, 0.6) is 5.75 Å². The lowest BCUT2D eigenvalue weighted by Crippen LogP contribution is -2.36. The largest absolute Gasteiger partial charge is 0.497 e. The van der Waals surface area contributed by atoms with E-state index in [0.717, 1.165) is 21.4 Å². The van der Waals surface area contributed by atoms with E-state index in [0.29, 0.717) is 5.69 Å². The van der Waals surface area contributed by atoms with Crippen molar-refractivity contribution in [1.82, 2.24) is 14.8 Å². The zero-order valence-corrected chi connectivity index (χ0v) is 13.9. The summed E-state index contributed by atoms with van der Waals surface area (Å²) < 4.78 is 6.18. The fourth-order valence-electron chi connectivity index (χ4n) is 2.34. The minimum Gasteiger partial charge on any atom is -0.497 e. The van der Waals surface area contributed by atoms with Gasteiger partial charge < -0.3 is 4.74 Å². The average molecular weight is 335 g/mol. The van der Waals surface area contributed by atoms with Gasteiger partial charge in [-0.1, -0.05) is 35.9 Å². The van der Waals surface area contributed by atoms with Crippen LogP contribution in [-0.2, 0) is 0 Å². The van der Waals surface area contributed by atoms with Crippen molar-refractivity contribution in [2.75, 3.05) is 7.11 Å². The number of benzene rings is 2. The molecule has 3 rings (SSSR count). The quantitative estimate of drug-likeness (QED) is 0.794. The lowest BCUT2D eigenvalue weighted by atomic mass is 10.2. The zero-order chi connectivity index (χ0) is 17.8.